The summed E-state index contributed by atoms with van der Waals surface area (Å²) in [4.78, 5) is 99.8. The lowest BCUT2D eigenvalue weighted by Crippen LogP contribution is -2.61. The fourth-order valence-electron chi connectivity index (χ4n) is 6.91. The molecule has 6 amide bonds. The number of ether oxygens (including phenoxy) is 1. The second kappa shape index (κ2) is 18.5. The molecule has 3 N–H and O–H groups in total. The maximum Gasteiger partial charge on any atom is 0.328 e. The molecule has 4 rings (SSSR count). The molecule has 0 bridgehead atoms. The molecule has 282 valence electrons. The SMILES string of the molecule is CCC=CC=CC(=O)N[C@@H](Cc1ccccc1)C(=O)N[C@H]1COC(=O)[C@H]2CCCN2C(=O)[C@H](C)NC(=O)[C@H](C)N(C)C(=O)[C@H]2CC[C@@H](CC)N2C1=O. The van der Waals surface area contributed by atoms with Gasteiger partial charge in [0.25, 0.3) is 0 Å². The van der Waals surface area contributed by atoms with Gasteiger partial charge < -0.3 is 35.4 Å². The Morgan fingerprint density at radius 3 is 2.38 bits per heavy atom. The predicted molar refractivity (Wildman–Crippen MR) is 192 cm³/mol. The number of hydrogen-bond acceptors (Lipinski definition) is 8. The molecular weight excluding hydrogens is 668 g/mol. The Balaban J connectivity index is 1.70. The highest BCUT2D eigenvalue weighted by molar-refractivity contribution is 5.98. The fraction of sp³-hybridized carbons (Fsp3) is 0.553. The van der Waals surface area contributed by atoms with Gasteiger partial charge in [0.1, 0.15) is 42.9 Å². The molecule has 3 heterocycles. The number of hydrogen-bond donors (Lipinski definition) is 3. The topological polar surface area (TPSA) is 175 Å². The van der Waals surface area contributed by atoms with Crippen LogP contribution >= 0.6 is 0 Å². The van der Waals surface area contributed by atoms with Crippen LogP contribution < -0.4 is 16.0 Å². The number of cyclic esters (lactones) is 1. The van der Waals surface area contributed by atoms with Crippen LogP contribution in [0.1, 0.15) is 71.8 Å². The Morgan fingerprint density at radius 1 is 0.962 bits per heavy atom. The molecule has 14 heteroatoms. The van der Waals surface area contributed by atoms with Crippen molar-refractivity contribution in [3.8, 4) is 0 Å². The van der Waals surface area contributed by atoms with Crippen LogP contribution in [0.2, 0.25) is 0 Å². The van der Waals surface area contributed by atoms with Crippen LogP contribution in [0.3, 0.4) is 0 Å². The van der Waals surface area contributed by atoms with E-state index in [-0.39, 0.29) is 19.0 Å². The van der Waals surface area contributed by atoms with E-state index in [1.807, 2.05) is 38.1 Å². The van der Waals surface area contributed by atoms with E-state index in [2.05, 4.69) is 16.0 Å². The van der Waals surface area contributed by atoms with Crippen molar-refractivity contribution in [2.45, 2.75) is 115 Å². The van der Waals surface area contributed by atoms with E-state index in [0.29, 0.717) is 32.1 Å². The summed E-state index contributed by atoms with van der Waals surface area (Å²) in [5.74, 6) is -4.11. The van der Waals surface area contributed by atoms with Crippen molar-refractivity contribution in [2.75, 3.05) is 20.2 Å². The zero-order valence-corrected chi connectivity index (χ0v) is 30.7. The normalized spacial score (nSPS) is 27.0. The van der Waals surface area contributed by atoms with Crippen molar-refractivity contribution in [3.05, 3.63) is 60.2 Å². The summed E-state index contributed by atoms with van der Waals surface area (Å²) in [6, 6.07) is 2.30. The Bertz CT molecular complexity index is 1550. The van der Waals surface area contributed by atoms with Gasteiger partial charge in [-0.05, 0) is 57.9 Å². The molecule has 0 spiro atoms. The quantitative estimate of drug-likeness (QED) is 0.195. The van der Waals surface area contributed by atoms with Gasteiger partial charge in [0.2, 0.25) is 35.4 Å². The van der Waals surface area contributed by atoms with Gasteiger partial charge in [-0.1, -0.05) is 62.4 Å². The van der Waals surface area contributed by atoms with Gasteiger partial charge in [0.15, 0.2) is 0 Å². The van der Waals surface area contributed by atoms with Gasteiger partial charge in [-0.3, -0.25) is 28.8 Å². The Labute approximate surface area is 305 Å². The van der Waals surface area contributed by atoms with E-state index < -0.39 is 84.3 Å². The summed E-state index contributed by atoms with van der Waals surface area (Å²) in [5, 5.41) is 8.14. The smallest absolute Gasteiger partial charge is 0.328 e. The first-order valence-electron chi connectivity index (χ1n) is 18.2. The number of nitrogens with one attached hydrogen (secondary N) is 3. The minimum atomic E-state index is -1.43. The lowest BCUT2D eigenvalue weighted by Gasteiger charge is -2.36. The van der Waals surface area contributed by atoms with Crippen LogP contribution in [-0.2, 0) is 44.7 Å². The maximum atomic E-state index is 14.6. The van der Waals surface area contributed by atoms with E-state index >= 15 is 0 Å². The molecule has 1 aromatic carbocycles. The van der Waals surface area contributed by atoms with Crippen molar-refractivity contribution in [1.82, 2.24) is 30.7 Å². The molecule has 7 atom stereocenters. The van der Waals surface area contributed by atoms with Gasteiger partial charge in [0.05, 0.1) is 0 Å². The van der Waals surface area contributed by atoms with Crippen molar-refractivity contribution in [3.63, 3.8) is 0 Å². The number of fused-ring (bicyclic) bond motifs is 2. The summed E-state index contributed by atoms with van der Waals surface area (Å²) in [6.07, 6.45) is 9.52. The van der Waals surface area contributed by atoms with E-state index in [0.717, 1.165) is 12.0 Å². The largest absolute Gasteiger partial charge is 0.461 e. The standard InChI is InChI=1S/C38H52N6O8/c1-6-8-9-13-18-32(45)40-28(22-26-15-11-10-12-16-26)34(47)41-29-23-52-38(51)31-17-14-21-43(31)35(48)24(3)39-33(46)25(4)42(5)37(50)30-20-19-27(7-2)44(30)36(29)49/h8-13,15-16,18,24-25,27-31H,6-7,14,17,19-23H2,1-5H3,(H,39,46)(H,40,45)(H,41,47)/t24-,25-,27+,28-,29-,30+,31+/m0/s1. The number of amides is 6. The van der Waals surface area contributed by atoms with Gasteiger partial charge in [-0.25, -0.2) is 4.79 Å². The molecule has 0 saturated carbocycles. The highest BCUT2D eigenvalue weighted by Crippen LogP contribution is 2.29. The molecule has 3 saturated heterocycles. The third kappa shape index (κ3) is 9.65. The molecule has 3 aliphatic heterocycles. The zero-order valence-electron chi connectivity index (χ0n) is 30.7. The lowest BCUT2D eigenvalue weighted by atomic mass is 10.0. The number of rotatable bonds is 9. The number of allylic oxidation sites excluding steroid dienone is 3. The van der Waals surface area contributed by atoms with Crippen LogP contribution in [0, 0.1) is 0 Å². The van der Waals surface area contributed by atoms with Crippen molar-refractivity contribution >= 4 is 41.4 Å². The van der Waals surface area contributed by atoms with Crippen LogP contribution in [-0.4, -0.2) is 119 Å². The van der Waals surface area contributed by atoms with E-state index in [1.54, 1.807) is 31.2 Å². The molecule has 0 unspecified atom stereocenters. The Kier molecular flexibility index (Phi) is 14.1. The monoisotopic (exact) mass is 720 g/mol. The highest BCUT2D eigenvalue weighted by Gasteiger charge is 2.46. The molecule has 0 aliphatic carbocycles. The lowest BCUT2D eigenvalue weighted by molar-refractivity contribution is -0.158. The summed E-state index contributed by atoms with van der Waals surface area (Å²) in [6.45, 7) is 6.61. The second-order valence-electron chi connectivity index (χ2n) is 13.6. The number of nitrogens with zero attached hydrogens (tertiary/aromatic N) is 3. The number of esters is 1. The summed E-state index contributed by atoms with van der Waals surface area (Å²) >= 11 is 0. The van der Waals surface area contributed by atoms with Crippen molar-refractivity contribution < 1.29 is 38.3 Å². The van der Waals surface area contributed by atoms with Crippen molar-refractivity contribution in [1.29, 1.82) is 0 Å². The van der Waals surface area contributed by atoms with Crippen LogP contribution in [0.25, 0.3) is 0 Å². The van der Waals surface area contributed by atoms with E-state index in [9.17, 15) is 33.6 Å². The number of likely N-dealkylation sites (N-methyl/N-ethyl adjacent to an activating group) is 1. The van der Waals surface area contributed by atoms with Crippen molar-refractivity contribution in [2.24, 2.45) is 0 Å². The van der Waals surface area contributed by atoms with Crippen LogP contribution in [0.15, 0.2) is 54.6 Å². The molecule has 0 aromatic heterocycles. The predicted octanol–water partition coefficient (Wildman–Crippen LogP) is 1.39. The van der Waals surface area contributed by atoms with Crippen LogP contribution in [0.4, 0.5) is 0 Å². The minimum absolute atomic E-state index is 0.0994. The first-order chi connectivity index (χ1) is 24.9. The Hall–Kier alpha value is -5.01. The van der Waals surface area contributed by atoms with Gasteiger partial charge in [-0.15, -0.1) is 0 Å². The average molecular weight is 721 g/mol. The number of carbonyl (C=O) groups is 7. The molecule has 0 radical (unpaired) electrons. The third-order valence-corrected chi connectivity index (χ3v) is 10.0. The average Bonchev–Trinajstić information content (AvgIpc) is 3.81. The summed E-state index contributed by atoms with van der Waals surface area (Å²) in [7, 11) is 1.48. The Morgan fingerprint density at radius 2 is 1.69 bits per heavy atom. The molecule has 1 aromatic rings. The highest BCUT2D eigenvalue weighted by atomic mass is 16.5. The fourth-order valence-corrected chi connectivity index (χ4v) is 6.91. The first kappa shape index (κ1) is 39.8. The summed E-state index contributed by atoms with van der Waals surface area (Å²) < 4.78 is 5.70. The van der Waals surface area contributed by atoms with E-state index in [1.165, 1.54) is 34.7 Å². The van der Waals surface area contributed by atoms with E-state index in [4.69, 9.17) is 4.74 Å². The minimum Gasteiger partial charge on any atom is -0.461 e. The molecule has 14 nitrogen and oxygen atoms in total. The molecular formula is C38H52N6O8. The van der Waals surface area contributed by atoms with Gasteiger partial charge >= 0.3 is 5.97 Å². The third-order valence-electron chi connectivity index (χ3n) is 10.0. The molecule has 3 aliphatic rings. The number of carbonyl (C=O) groups excluding carboxylic acids is 7. The van der Waals surface area contributed by atoms with Gasteiger partial charge in [-0.2, -0.15) is 0 Å². The molecule has 3 fully saturated rings. The zero-order chi connectivity index (χ0) is 37.9. The summed E-state index contributed by atoms with van der Waals surface area (Å²) in [5.41, 5.74) is 0.756. The first-order valence-corrected chi connectivity index (χ1v) is 18.2. The number of benzene rings is 1. The van der Waals surface area contributed by atoms with Gasteiger partial charge in [0, 0.05) is 32.1 Å². The second-order valence-corrected chi connectivity index (χ2v) is 13.6. The maximum absolute atomic E-state index is 14.6. The molecule has 52 heavy (non-hydrogen) atoms. The van der Waals surface area contributed by atoms with Crippen LogP contribution in [0.5, 0.6) is 0 Å².